The molecule has 4 heteroatoms. The molecule has 1 N–H and O–H groups in total. The van der Waals surface area contributed by atoms with E-state index in [0.717, 1.165) is 42.2 Å². The van der Waals surface area contributed by atoms with Crippen LogP contribution in [0.1, 0.15) is 25.3 Å². The van der Waals surface area contributed by atoms with E-state index in [1.54, 1.807) is 24.9 Å². The molecule has 102 valence electrons. The van der Waals surface area contributed by atoms with Crippen LogP contribution in [0.3, 0.4) is 0 Å². The number of rotatable bonds is 9. The highest BCUT2D eigenvalue weighted by atomic mass is 32.2. The minimum absolute atomic E-state index is 0.115. The fourth-order valence-corrected chi connectivity index (χ4v) is 2.62. The van der Waals surface area contributed by atoms with Gasteiger partial charge in [0.1, 0.15) is 5.82 Å². The van der Waals surface area contributed by atoms with Crippen LogP contribution in [0.5, 0.6) is 0 Å². The lowest BCUT2D eigenvalue weighted by Crippen LogP contribution is -2.15. The largest absolute Gasteiger partial charge is 0.385 e. The third-order valence-corrected chi connectivity index (χ3v) is 3.74. The molecule has 0 fully saturated rings. The number of ether oxygens (including phenoxy) is 1. The standard InChI is InChI=1S/C14H22FNOS/c1-3-8-16-11-12-13(15)6-4-7-14(12)18-10-5-9-17-2/h4,6-7,16H,3,5,8-11H2,1-2H3. The van der Waals surface area contributed by atoms with Crippen LogP contribution in [0.4, 0.5) is 4.39 Å². The topological polar surface area (TPSA) is 21.3 Å². The van der Waals surface area contributed by atoms with E-state index in [2.05, 4.69) is 12.2 Å². The van der Waals surface area contributed by atoms with E-state index in [1.807, 2.05) is 6.07 Å². The number of benzene rings is 1. The van der Waals surface area contributed by atoms with Crippen molar-refractivity contribution >= 4 is 11.8 Å². The van der Waals surface area contributed by atoms with E-state index in [4.69, 9.17) is 4.74 Å². The minimum Gasteiger partial charge on any atom is -0.385 e. The van der Waals surface area contributed by atoms with E-state index in [0.29, 0.717) is 6.54 Å². The molecule has 0 aromatic heterocycles. The van der Waals surface area contributed by atoms with Gasteiger partial charge in [0.2, 0.25) is 0 Å². The molecule has 0 amide bonds. The zero-order chi connectivity index (χ0) is 13.2. The number of halogens is 1. The molecule has 2 nitrogen and oxygen atoms in total. The van der Waals surface area contributed by atoms with Gasteiger partial charge in [-0.25, -0.2) is 4.39 Å². The lowest BCUT2D eigenvalue weighted by atomic mass is 10.2. The van der Waals surface area contributed by atoms with Crippen molar-refractivity contribution in [3.8, 4) is 0 Å². The first-order chi connectivity index (χ1) is 8.79. The highest BCUT2D eigenvalue weighted by molar-refractivity contribution is 7.99. The second kappa shape index (κ2) is 9.36. The van der Waals surface area contributed by atoms with Crippen molar-refractivity contribution in [2.24, 2.45) is 0 Å². The molecule has 0 saturated heterocycles. The van der Waals surface area contributed by atoms with Crippen LogP contribution < -0.4 is 5.32 Å². The van der Waals surface area contributed by atoms with E-state index in [-0.39, 0.29) is 5.82 Å². The zero-order valence-electron chi connectivity index (χ0n) is 11.2. The summed E-state index contributed by atoms with van der Waals surface area (Å²) >= 11 is 1.70. The maximum Gasteiger partial charge on any atom is 0.128 e. The summed E-state index contributed by atoms with van der Waals surface area (Å²) in [5.41, 5.74) is 0.786. The van der Waals surface area contributed by atoms with Crippen LogP contribution in [0.2, 0.25) is 0 Å². The Balaban J connectivity index is 2.56. The normalized spacial score (nSPS) is 10.8. The Morgan fingerprint density at radius 3 is 2.94 bits per heavy atom. The molecule has 0 bridgehead atoms. The molecule has 0 atom stereocenters. The molecule has 0 aliphatic carbocycles. The summed E-state index contributed by atoms with van der Waals surface area (Å²) in [4.78, 5) is 1.04. The monoisotopic (exact) mass is 271 g/mol. The maximum atomic E-state index is 13.8. The molecule has 0 spiro atoms. The van der Waals surface area contributed by atoms with Crippen molar-refractivity contribution in [1.82, 2.24) is 5.32 Å². The van der Waals surface area contributed by atoms with Crippen molar-refractivity contribution in [3.05, 3.63) is 29.6 Å². The molecular formula is C14H22FNOS. The summed E-state index contributed by atoms with van der Waals surface area (Å²) in [6.07, 6.45) is 2.05. The van der Waals surface area contributed by atoms with Crippen LogP contribution in [-0.2, 0) is 11.3 Å². The van der Waals surface area contributed by atoms with Gasteiger partial charge in [-0.15, -0.1) is 11.8 Å². The van der Waals surface area contributed by atoms with Crippen LogP contribution in [0, 0.1) is 5.82 Å². The van der Waals surface area contributed by atoms with Crippen molar-refractivity contribution in [2.45, 2.75) is 31.2 Å². The van der Waals surface area contributed by atoms with E-state index in [9.17, 15) is 4.39 Å². The molecule has 0 saturated carbocycles. The lowest BCUT2D eigenvalue weighted by Gasteiger charge is -2.11. The predicted molar refractivity (Wildman–Crippen MR) is 75.6 cm³/mol. The van der Waals surface area contributed by atoms with Gasteiger partial charge in [-0.3, -0.25) is 0 Å². The van der Waals surface area contributed by atoms with Gasteiger partial charge in [-0.05, 0) is 31.5 Å². The van der Waals surface area contributed by atoms with Crippen molar-refractivity contribution in [3.63, 3.8) is 0 Å². The molecule has 18 heavy (non-hydrogen) atoms. The quantitative estimate of drug-likeness (QED) is 0.549. The highest BCUT2D eigenvalue weighted by Gasteiger charge is 2.08. The molecule has 1 aromatic carbocycles. The predicted octanol–water partition coefficient (Wildman–Crippen LogP) is 3.45. The van der Waals surface area contributed by atoms with Crippen LogP contribution in [0.15, 0.2) is 23.1 Å². The fourth-order valence-electron chi connectivity index (χ4n) is 1.62. The van der Waals surface area contributed by atoms with Gasteiger partial charge in [0.15, 0.2) is 0 Å². The first-order valence-electron chi connectivity index (χ1n) is 6.39. The number of thioether (sulfide) groups is 1. The molecule has 1 rings (SSSR count). The Morgan fingerprint density at radius 1 is 1.39 bits per heavy atom. The molecule has 0 aliphatic heterocycles. The Hall–Kier alpha value is -0.580. The van der Waals surface area contributed by atoms with Gasteiger partial charge in [0.25, 0.3) is 0 Å². The Labute approximate surface area is 113 Å². The molecule has 1 aromatic rings. The number of methoxy groups -OCH3 is 1. The Morgan fingerprint density at radius 2 is 2.22 bits per heavy atom. The van der Waals surface area contributed by atoms with Gasteiger partial charge in [-0.1, -0.05) is 13.0 Å². The Kier molecular flexibility index (Phi) is 8.05. The van der Waals surface area contributed by atoms with E-state index < -0.39 is 0 Å². The molecule has 0 unspecified atom stereocenters. The first kappa shape index (κ1) is 15.5. The van der Waals surface area contributed by atoms with Crippen molar-refractivity contribution in [2.75, 3.05) is 26.0 Å². The molecule has 0 aliphatic rings. The maximum absolute atomic E-state index is 13.8. The second-order valence-corrected chi connectivity index (χ2v) is 5.22. The summed E-state index contributed by atoms with van der Waals surface area (Å²) in [5, 5.41) is 3.26. The van der Waals surface area contributed by atoms with E-state index >= 15 is 0 Å². The molecular weight excluding hydrogens is 249 g/mol. The summed E-state index contributed by atoms with van der Waals surface area (Å²) in [5.74, 6) is 0.841. The summed E-state index contributed by atoms with van der Waals surface area (Å²) in [6.45, 7) is 4.38. The van der Waals surface area contributed by atoms with Crippen LogP contribution >= 0.6 is 11.8 Å². The first-order valence-corrected chi connectivity index (χ1v) is 7.38. The zero-order valence-corrected chi connectivity index (χ0v) is 12.0. The van der Waals surface area contributed by atoms with Gasteiger partial charge in [0, 0.05) is 36.5 Å². The van der Waals surface area contributed by atoms with Crippen molar-refractivity contribution < 1.29 is 9.13 Å². The third-order valence-electron chi connectivity index (χ3n) is 2.55. The van der Waals surface area contributed by atoms with Gasteiger partial charge in [0.05, 0.1) is 0 Å². The Bertz CT molecular complexity index is 347. The molecule has 0 heterocycles. The van der Waals surface area contributed by atoms with Crippen LogP contribution in [-0.4, -0.2) is 26.0 Å². The minimum atomic E-state index is -0.115. The average Bonchev–Trinajstić information content (AvgIpc) is 2.37. The smallest absolute Gasteiger partial charge is 0.128 e. The van der Waals surface area contributed by atoms with Gasteiger partial charge in [-0.2, -0.15) is 0 Å². The van der Waals surface area contributed by atoms with Gasteiger partial charge >= 0.3 is 0 Å². The fraction of sp³-hybridized carbons (Fsp3) is 0.571. The lowest BCUT2D eigenvalue weighted by molar-refractivity contribution is 0.200. The summed E-state index contributed by atoms with van der Waals surface area (Å²) in [7, 11) is 1.70. The van der Waals surface area contributed by atoms with Gasteiger partial charge < -0.3 is 10.1 Å². The number of nitrogens with one attached hydrogen (secondary N) is 1. The third kappa shape index (κ3) is 5.38. The summed E-state index contributed by atoms with van der Waals surface area (Å²) < 4.78 is 18.8. The number of hydrogen-bond acceptors (Lipinski definition) is 3. The van der Waals surface area contributed by atoms with E-state index in [1.165, 1.54) is 6.07 Å². The highest BCUT2D eigenvalue weighted by Crippen LogP contribution is 2.25. The van der Waals surface area contributed by atoms with Crippen LogP contribution in [0.25, 0.3) is 0 Å². The average molecular weight is 271 g/mol. The van der Waals surface area contributed by atoms with Crippen molar-refractivity contribution in [1.29, 1.82) is 0 Å². The summed E-state index contributed by atoms with van der Waals surface area (Å²) in [6, 6.07) is 5.29. The SMILES string of the molecule is CCCNCc1c(F)cccc1SCCCOC. The number of hydrogen-bond donors (Lipinski definition) is 1. The second-order valence-electron chi connectivity index (χ2n) is 4.09. The molecule has 0 radical (unpaired) electrons.